The van der Waals surface area contributed by atoms with Crippen LogP contribution in [0.1, 0.15) is 32.3 Å². The summed E-state index contributed by atoms with van der Waals surface area (Å²) in [6.07, 6.45) is 3.71. The Bertz CT molecular complexity index is 489. The molecular weight excluding hydrogens is 238 g/mol. The Labute approximate surface area is 114 Å². The van der Waals surface area contributed by atoms with Crippen molar-refractivity contribution in [3.63, 3.8) is 0 Å². The summed E-state index contributed by atoms with van der Waals surface area (Å²) in [5.41, 5.74) is 1.50. The molecule has 0 aliphatic carbocycles. The Hall–Kier alpha value is -0.860. The molecule has 0 spiro atoms. The molecule has 0 bridgehead atoms. The highest BCUT2D eigenvalue weighted by Crippen LogP contribution is 2.28. The number of benzene rings is 1. The number of hydrogen-bond acceptors (Lipinski definition) is 2. The number of hydrogen-bond donors (Lipinski definition) is 1. The van der Waals surface area contributed by atoms with Gasteiger partial charge >= 0.3 is 0 Å². The second-order valence-electron chi connectivity index (χ2n) is 5.12. The Morgan fingerprint density at radius 1 is 1.28 bits per heavy atom. The van der Waals surface area contributed by atoms with Gasteiger partial charge in [0.15, 0.2) is 0 Å². The predicted octanol–water partition coefficient (Wildman–Crippen LogP) is 4.47. The molecule has 1 nitrogen and oxygen atoms in total. The van der Waals surface area contributed by atoms with E-state index in [-0.39, 0.29) is 0 Å². The molecule has 1 heterocycles. The van der Waals surface area contributed by atoms with Crippen molar-refractivity contribution in [3.05, 3.63) is 35.2 Å². The van der Waals surface area contributed by atoms with E-state index in [1.165, 1.54) is 28.5 Å². The molecule has 98 valence electrons. The van der Waals surface area contributed by atoms with Crippen molar-refractivity contribution < 1.29 is 0 Å². The summed E-state index contributed by atoms with van der Waals surface area (Å²) in [6.45, 7) is 4.63. The van der Waals surface area contributed by atoms with E-state index in [0.29, 0.717) is 6.04 Å². The number of likely N-dealkylation sites (N-methyl/N-ethyl adjacent to an activating group) is 1. The van der Waals surface area contributed by atoms with Gasteiger partial charge in [0.25, 0.3) is 0 Å². The largest absolute Gasteiger partial charge is 0.316 e. The molecule has 1 aromatic carbocycles. The van der Waals surface area contributed by atoms with Crippen LogP contribution in [0.25, 0.3) is 10.1 Å². The molecule has 0 amide bonds. The van der Waals surface area contributed by atoms with Gasteiger partial charge in [0.2, 0.25) is 0 Å². The van der Waals surface area contributed by atoms with E-state index in [4.69, 9.17) is 0 Å². The smallest absolute Gasteiger partial charge is 0.0345 e. The summed E-state index contributed by atoms with van der Waals surface area (Å²) in [5, 5.41) is 7.26. The van der Waals surface area contributed by atoms with Crippen LogP contribution in [0.3, 0.4) is 0 Å². The molecule has 0 saturated heterocycles. The molecule has 1 N–H and O–H groups in total. The third-order valence-corrected chi connectivity index (χ3v) is 4.81. The Balaban J connectivity index is 2.16. The number of thiophene rings is 1. The maximum atomic E-state index is 3.49. The fourth-order valence-corrected chi connectivity index (χ4v) is 3.65. The van der Waals surface area contributed by atoms with Crippen LogP contribution in [0.2, 0.25) is 0 Å². The molecule has 0 aliphatic heterocycles. The van der Waals surface area contributed by atoms with Gasteiger partial charge in [-0.1, -0.05) is 38.5 Å². The molecule has 2 rings (SSSR count). The lowest BCUT2D eigenvalue weighted by molar-refractivity contribution is 0.372. The van der Waals surface area contributed by atoms with E-state index in [2.05, 4.69) is 55.9 Å². The van der Waals surface area contributed by atoms with E-state index in [0.717, 1.165) is 12.3 Å². The molecule has 1 aromatic heterocycles. The molecular formula is C16H23NS. The van der Waals surface area contributed by atoms with Crippen molar-refractivity contribution in [2.24, 2.45) is 5.92 Å². The normalized spacial score (nSPS) is 14.8. The quantitative estimate of drug-likeness (QED) is 0.809. The van der Waals surface area contributed by atoms with Gasteiger partial charge in [0, 0.05) is 10.7 Å². The first kappa shape index (κ1) is 13.6. The van der Waals surface area contributed by atoms with Crippen molar-refractivity contribution in [1.82, 2.24) is 5.32 Å². The van der Waals surface area contributed by atoms with Crippen LogP contribution in [0.4, 0.5) is 0 Å². The molecule has 18 heavy (non-hydrogen) atoms. The Kier molecular flexibility index (Phi) is 4.79. The Morgan fingerprint density at radius 3 is 2.78 bits per heavy atom. The summed E-state index contributed by atoms with van der Waals surface area (Å²) in [6, 6.07) is 9.31. The second kappa shape index (κ2) is 6.35. The van der Waals surface area contributed by atoms with E-state index >= 15 is 0 Å². The third kappa shape index (κ3) is 2.93. The van der Waals surface area contributed by atoms with Gasteiger partial charge in [-0.2, -0.15) is 0 Å². The molecule has 0 aliphatic rings. The zero-order valence-corrected chi connectivity index (χ0v) is 12.4. The first-order valence-corrected chi connectivity index (χ1v) is 7.76. The second-order valence-corrected chi connectivity index (χ2v) is 6.03. The fraction of sp³-hybridized carbons (Fsp3) is 0.500. The zero-order chi connectivity index (χ0) is 13.0. The van der Waals surface area contributed by atoms with Crippen molar-refractivity contribution in [2.75, 3.05) is 7.05 Å². The molecule has 2 heteroatoms. The number of rotatable bonds is 6. The van der Waals surface area contributed by atoms with E-state index in [9.17, 15) is 0 Å². The highest BCUT2D eigenvalue weighted by Gasteiger charge is 2.16. The van der Waals surface area contributed by atoms with Gasteiger partial charge < -0.3 is 5.32 Å². The minimum Gasteiger partial charge on any atom is -0.316 e. The van der Waals surface area contributed by atoms with Gasteiger partial charge in [-0.05, 0) is 48.2 Å². The van der Waals surface area contributed by atoms with E-state index < -0.39 is 0 Å². The molecule has 2 unspecified atom stereocenters. The molecule has 0 fully saturated rings. The summed E-state index contributed by atoms with van der Waals surface area (Å²) >= 11 is 1.86. The maximum absolute atomic E-state index is 3.49. The van der Waals surface area contributed by atoms with Crippen LogP contribution in [0, 0.1) is 5.92 Å². The third-order valence-electron chi connectivity index (χ3n) is 3.80. The van der Waals surface area contributed by atoms with Crippen LogP contribution < -0.4 is 5.32 Å². The average molecular weight is 261 g/mol. The van der Waals surface area contributed by atoms with Crippen molar-refractivity contribution in [1.29, 1.82) is 0 Å². The Morgan fingerprint density at radius 2 is 2.06 bits per heavy atom. The minimum atomic E-state index is 0.586. The van der Waals surface area contributed by atoms with Gasteiger partial charge in [0.05, 0.1) is 0 Å². The van der Waals surface area contributed by atoms with Gasteiger partial charge in [-0.25, -0.2) is 0 Å². The van der Waals surface area contributed by atoms with Crippen LogP contribution >= 0.6 is 11.3 Å². The highest BCUT2D eigenvalue weighted by molar-refractivity contribution is 7.17. The van der Waals surface area contributed by atoms with E-state index in [1.807, 2.05) is 11.3 Å². The monoisotopic (exact) mass is 261 g/mol. The average Bonchev–Trinajstić information content (AvgIpc) is 2.79. The topological polar surface area (TPSA) is 12.0 Å². The molecule has 2 aromatic rings. The number of fused-ring (bicyclic) bond motifs is 1. The molecule has 2 atom stereocenters. The first-order chi connectivity index (χ1) is 8.76. The zero-order valence-electron chi connectivity index (χ0n) is 11.6. The maximum Gasteiger partial charge on any atom is 0.0345 e. The van der Waals surface area contributed by atoms with E-state index in [1.54, 1.807) is 0 Å². The van der Waals surface area contributed by atoms with Crippen LogP contribution in [0.15, 0.2) is 29.6 Å². The highest BCUT2D eigenvalue weighted by atomic mass is 32.1. The van der Waals surface area contributed by atoms with Crippen molar-refractivity contribution >= 4 is 21.4 Å². The molecule has 0 saturated carbocycles. The van der Waals surface area contributed by atoms with Crippen LogP contribution in [-0.2, 0) is 6.42 Å². The summed E-state index contributed by atoms with van der Waals surface area (Å²) in [7, 11) is 2.09. The lowest BCUT2D eigenvalue weighted by Crippen LogP contribution is -2.34. The van der Waals surface area contributed by atoms with Crippen molar-refractivity contribution in [2.45, 2.75) is 39.2 Å². The first-order valence-electron chi connectivity index (χ1n) is 6.88. The fourth-order valence-electron chi connectivity index (χ4n) is 2.67. The molecule has 0 radical (unpaired) electrons. The van der Waals surface area contributed by atoms with Crippen molar-refractivity contribution in [3.8, 4) is 0 Å². The SMILES string of the molecule is CCCC(C)C(Cc1csc2ccccc12)NC. The van der Waals surface area contributed by atoms with Gasteiger partial charge in [0.1, 0.15) is 0 Å². The van der Waals surface area contributed by atoms with Gasteiger partial charge in [-0.15, -0.1) is 11.3 Å². The number of nitrogens with one attached hydrogen (secondary N) is 1. The standard InChI is InChI=1S/C16H23NS/c1-4-7-12(2)15(17-3)10-13-11-18-16-9-6-5-8-14(13)16/h5-6,8-9,11-12,15,17H,4,7,10H2,1-3H3. The summed E-state index contributed by atoms with van der Waals surface area (Å²) in [4.78, 5) is 0. The summed E-state index contributed by atoms with van der Waals surface area (Å²) < 4.78 is 1.41. The minimum absolute atomic E-state index is 0.586. The van der Waals surface area contributed by atoms with Crippen LogP contribution in [-0.4, -0.2) is 13.1 Å². The summed E-state index contributed by atoms with van der Waals surface area (Å²) in [5.74, 6) is 0.735. The predicted molar refractivity (Wildman–Crippen MR) is 82.4 cm³/mol. The lowest BCUT2D eigenvalue weighted by atomic mass is 9.91. The van der Waals surface area contributed by atoms with Gasteiger partial charge in [-0.3, -0.25) is 0 Å². The lowest BCUT2D eigenvalue weighted by Gasteiger charge is -2.23. The van der Waals surface area contributed by atoms with Crippen LogP contribution in [0.5, 0.6) is 0 Å².